The molecule has 0 spiro atoms. The van der Waals surface area contributed by atoms with Crippen molar-refractivity contribution < 1.29 is 23.4 Å². The van der Waals surface area contributed by atoms with Crippen LogP contribution in [0.25, 0.3) is 0 Å². The van der Waals surface area contributed by atoms with Crippen molar-refractivity contribution in [3.63, 3.8) is 0 Å². The molecule has 1 N–H and O–H groups in total. The lowest BCUT2D eigenvalue weighted by Gasteiger charge is -2.14. The van der Waals surface area contributed by atoms with E-state index in [1.807, 2.05) is 0 Å². The Balaban J connectivity index is 2.35. The van der Waals surface area contributed by atoms with Crippen molar-refractivity contribution >= 4 is 5.97 Å². The van der Waals surface area contributed by atoms with E-state index in [0.29, 0.717) is 6.54 Å². The molecule has 0 unspecified atom stereocenters. The molecule has 0 aliphatic rings. The molecule has 0 aliphatic heterocycles. The molecule has 0 amide bonds. The SMILES string of the molecule is CN(CCOc1ccc(F)c(F)c1)CC(=O)O. The van der Waals surface area contributed by atoms with Crippen LogP contribution in [0.4, 0.5) is 8.78 Å². The number of rotatable bonds is 6. The molecule has 1 aromatic rings. The Labute approximate surface area is 97.4 Å². The van der Waals surface area contributed by atoms with Gasteiger partial charge in [-0.1, -0.05) is 0 Å². The average Bonchev–Trinajstić information content (AvgIpc) is 2.22. The molecule has 94 valence electrons. The first-order valence-electron chi connectivity index (χ1n) is 4.97. The maximum atomic E-state index is 12.8. The zero-order chi connectivity index (χ0) is 12.8. The van der Waals surface area contributed by atoms with Crippen LogP contribution in [0.2, 0.25) is 0 Å². The van der Waals surface area contributed by atoms with E-state index in [0.717, 1.165) is 12.1 Å². The second-order valence-corrected chi connectivity index (χ2v) is 3.56. The molecule has 0 saturated heterocycles. The molecule has 1 aromatic carbocycles. The summed E-state index contributed by atoms with van der Waals surface area (Å²) in [7, 11) is 1.63. The van der Waals surface area contributed by atoms with Gasteiger partial charge in [-0.15, -0.1) is 0 Å². The van der Waals surface area contributed by atoms with Crippen molar-refractivity contribution in [2.75, 3.05) is 26.7 Å². The standard InChI is InChI=1S/C11H13F2NO3/c1-14(7-11(15)16)4-5-17-8-2-3-9(12)10(13)6-8/h2-3,6H,4-5,7H2,1H3,(H,15,16). The number of hydrogen-bond donors (Lipinski definition) is 1. The van der Waals surface area contributed by atoms with Gasteiger partial charge in [0.15, 0.2) is 11.6 Å². The van der Waals surface area contributed by atoms with E-state index in [1.165, 1.54) is 6.07 Å². The molecule has 0 bridgehead atoms. The predicted molar refractivity (Wildman–Crippen MR) is 57.0 cm³/mol. The summed E-state index contributed by atoms with van der Waals surface area (Å²) in [6, 6.07) is 3.24. The first kappa shape index (κ1) is 13.4. The molecule has 0 aliphatic carbocycles. The summed E-state index contributed by atoms with van der Waals surface area (Å²) >= 11 is 0. The first-order chi connectivity index (χ1) is 7.99. The molecule has 0 atom stereocenters. The van der Waals surface area contributed by atoms with Crippen molar-refractivity contribution in [1.82, 2.24) is 4.90 Å². The number of halogens is 2. The molecule has 1 rings (SSSR count). The van der Waals surface area contributed by atoms with Crippen LogP contribution in [0.5, 0.6) is 5.75 Å². The van der Waals surface area contributed by atoms with Crippen LogP contribution < -0.4 is 4.74 Å². The fourth-order valence-electron chi connectivity index (χ4n) is 1.20. The van der Waals surface area contributed by atoms with Gasteiger partial charge in [-0.25, -0.2) is 8.78 Å². The van der Waals surface area contributed by atoms with E-state index >= 15 is 0 Å². The van der Waals surface area contributed by atoms with Crippen molar-refractivity contribution in [3.05, 3.63) is 29.8 Å². The van der Waals surface area contributed by atoms with Crippen molar-refractivity contribution in [2.24, 2.45) is 0 Å². The molecule has 0 aromatic heterocycles. The number of carboxylic acids is 1. The number of hydrogen-bond acceptors (Lipinski definition) is 3. The summed E-state index contributed by atoms with van der Waals surface area (Å²) in [5.41, 5.74) is 0. The zero-order valence-electron chi connectivity index (χ0n) is 9.32. The van der Waals surface area contributed by atoms with Crippen LogP contribution in [0.3, 0.4) is 0 Å². The average molecular weight is 245 g/mol. The van der Waals surface area contributed by atoms with Crippen molar-refractivity contribution in [2.45, 2.75) is 0 Å². The third-order valence-electron chi connectivity index (χ3n) is 2.04. The summed E-state index contributed by atoms with van der Waals surface area (Å²) in [6.45, 7) is 0.487. The van der Waals surface area contributed by atoms with Gasteiger partial charge in [0.05, 0.1) is 6.54 Å². The van der Waals surface area contributed by atoms with Crippen LogP contribution in [-0.4, -0.2) is 42.7 Å². The quantitative estimate of drug-likeness (QED) is 0.822. The van der Waals surface area contributed by atoms with Gasteiger partial charge in [-0.05, 0) is 19.2 Å². The lowest BCUT2D eigenvalue weighted by Crippen LogP contribution is -2.29. The maximum absolute atomic E-state index is 12.8. The van der Waals surface area contributed by atoms with Gasteiger partial charge in [-0.3, -0.25) is 9.69 Å². The van der Waals surface area contributed by atoms with E-state index in [2.05, 4.69) is 0 Å². The summed E-state index contributed by atoms with van der Waals surface area (Å²) in [6.07, 6.45) is 0. The molecule has 4 nitrogen and oxygen atoms in total. The monoisotopic (exact) mass is 245 g/mol. The highest BCUT2D eigenvalue weighted by atomic mass is 19.2. The fourth-order valence-corrected chi connectivity index (χ4v) is 1.20. The van der Waals surface area contributed by atoms with E-state index in [-0.39, 0.29) is 18.9 Å². The van der Waals surface area contributed by atoms with Crippen molar-refractivity contribution in [1.29, 1.82) is 0 Å². The van der Waals surface area contributed by atoms with Gasteiger partial charge in [0.2, 0.25) is 0 Å². The highest BCUT2D eigenvalue weighted by Gasteiger charge is 2.05. The molecule has 6 heteroatoms. The Kier molecular flexibility index (Phi) is 4.84. The number of aliphatic carboxylic acids is 1. The van der Waals surface area contributed by atoms with Gasteiger partial charge in [0.25, 0.3) is 0 Å². The van der Waals surface area contributed by atoms with Crippen LogP contribution in [-0.2, 0) is 4.79 Å². The smallest absolute Gasteiger partial charge is 0.317 e. The van der Waals surface area contributed by atoms with Crippen LogP contribution in [0.15, 0.2) is 18.2 Å². The Morgan fingerprint density at radius 2 is 2.12 bits per heavy atom. The van der Waals surface area contributed by atoms with E-state index < -0.39 is 17.6 Å². The lowest BCUT2D eigenvalue weighted by atomic mass is 10.3. The first-order valence-corrected chi connectivity index (χ1v) is 4.97. The van der Waals surface area contributed by atoms with Crippen LogP contribution >= 0.6 is 0 Å². The lowest BCUT2D eigenvalue weighted by molar-refractivity contribution is -0.138. The summed E-state index contributed by atoms with van der Waals surface area (Å²) in [5.74, 6) is -2.62. The largest absolute Gasteiger partial charge is 0.492 e. The molecule has 0 heterocycles. The fraction of sp³-hybridized carbons (Fsp3) is 0.364. The number of carbonyl (C=O) groups is 1. The Bertz CT molecular complexity index is 398. The molecular formula is C11H13F2NO3. The van der Waals surface area contributed by atoms with E-state index in [1.54, 1.807) is 11.9 Å². The number of likely N-dealkylation sites (N-methyl/N-ethyl adjacent to an activating group) is 1. The van der Waals surface area contributed by atoms with Gasteiger partial charge in [0.1, 0.15) is 12.4 Å². The minimum atomic E-state index is -0.971. The normalized spacial score (nSPS) is 10.6. The zero-order valence-corrected chi connectivity index (χ0v) is 9.32. The van der Waals surface area contributed by atoms with Gasteiger partial charge >= 0.3 is 5.97 Å². The minimum Gasteiger partial charge on any atom is -0.492 e. The summed E-state index contributed by atoms with van der Waals surface area (Å²) in [5, 5.41) is 8.49. The Hall–Kier alpha value is -1.69. The third kappa shape index (κ3) is 4.78. The van der Waals surface area contributed by atoms with Crippen LogP contribution in [0.1, 0.15) is 0 Å². The second kappa shape index (κ2) is 6.15. The van der Waals surface area contributed by atoms with Gasteiger partial charge < -0.3 is 9.84 Å². The topological polar surface area (TPSA) is 49.8 Å². The predicted octanol–water partition coefficient (Wildman–Crippen LogP) is 1.36. The molecule has 0 saturated carbocycles. The number of ether oxygens (including phenoxy) is 1. The number of benzene rings is 1. The summed E-state index contributed by atoms with van der Waals surface area (Å²) < 4.78 is 30.5. The summed E-state index contributed by atoms with van der Waals surface area (Å²) in [4.78, 5) is 11.9. The molecule has 0 radical (unpaired) electrons. The maximum Gasteiger partial charge on any atom is 0.317 e. The van der Waals surface area contributed by atoms with Crippen LogP contribution in [0, 0.1) is 11.6 Å². The van der Waals surface area contributed by atoms with Gasteiger partial charge in [-0.2, -0.15) is 0 Å². The second-order valence-electron chi connectivity index (χ2n) is 3.56. The third-order valence-corrected chi connectivity index (χ3v) is 2.04. The molecule has 0 fully saturated rings. The van der Waals surface area contributed by atoms with E-state index in [4.69, 9.17) is 9.84 Å². The number of nitrogens with zero attached hydrogens (tertiary/aromatic N) is 1. The Morgan fingerprint density at radius 3 is 2.71 bits per heavy atom. The molecule has 17 heavy (non-hydrogen) atoms. The molecular weight excluding hydrogens is 232 g/mol. The minimum absolute atomic E-state index is 0.0961. The van der Waals surface area contributed by atoms with Crippen molar-refractivity contribution in [3.8, 4) is 5.75 Å². The highest BCUT2D eigenvalue weighted by molar-refractivity contribution is 5.68. The Morgan fingerprint density at radius 1 is 1.41 bits per heavy atom. The highest BCUT2D eigenvalue weighted by Crippen LogP contribution is 2.15. The van der Waals surface area contributed by atoms with Gasteiger partial charge in [0, 0.05) is 12.6 Å². The van der Waals surface area contributed by atoms with E-state index in [9.17, 15) is 13.6 Å². The number of carboxylic acid groups (broad SMARTS) is 1.